The molecule has 2 aromatic heterocycles. The second kappa shape index (κ2) is 7.56. The Labute approximate surface area is 168 Å². The van der Waals surface area contributed by atoms with Gasteiger partial charge in [0, 0.05) is 18.3 Å². The Kier molecular flexibility index (Phi) is 4.96. The van der Waals surface area contributed by atoms with E-state index in [4.69, 9.17) is 0 Å². The zero-order valence-electron chi connectivity index (χ0n) is 16.2. The van der Waals surface area contributed by atoms with Crippen LogP contribution in [0.1, 0.15) is 22.0 Å². The van der Waals surface area contributed by atoms with Gasteiger partial charge < -0.3 is 4.90 Å². The van der Waals surface area contributed by atoms with Crippen LogP contribution in [0.5, 0.6) is 0 Å². The molecule has 0 radical (unpaired) electrons. The van der Waals surface area contributed by atoms with Gasteiger partial charge in [-0.25, -0.2) is 9.67 Å². The van der Waals surface area contributed by atoms with Crippen molar-refractivity contribution in [3.05, 3.63) is 76.6 Å². The molecule has 0 atom stereocenters. The molecule has 0 unspecified atom stereocenters. The number of fused-ring (bicyclic) bond motifs is 1. The van der Waals surface area contributed by atoms with Crippen molar-refractivity contribution in [2.45, 2.75) is 26.8 Å². The summed E-state index contributed by atoms with van der Waals surface area (Å²) in [5.41, 5.74) is 4.88. The maximum absolute atomic E-state index is 12.8. The number of nitrogens with zero attached hydrogens (tertiary/aromatic N) is 4. The summed E-state index contributed by atoms with van der Waals surface area (Å²) in [5, 5.41) is 5.59. The number of hydrogen-bond donors (Lipinski definition) is 0. The highest BCUT2D eigenvalue weighted by atomic mass is 32.1. The van der Waals surface area contributed by atoms with Gasteiger partial charge in [-0.3, -0.25) is 4.79 Å². The van der Waals surface area contributed by atoms with Gasteiger partial charge in [-0.15, -0.1) is 11.3 Å². The van der Waals surface area contributed by atoms with E-state index in [-0.39, 0.29) is 5.91 Å². The zero-order valence-corrected chi connectivity index (χ0v) is 17.0. The van der Waals surface area contributed by atoms with Crippen LogP contribution in [-0.4, -0.2) is 32.6 Å². The summed E-state index contributed by atoms with van der Waals surface area (Å²) in [7, 11) is 1.83. The molecule has 4 aromatic rings. The molecule has 0 bridgehead atoms. The number of thiazole rings is 1. The molecule has 0 aliphatic heterocycles. The van der Waals surface area contributed by atoms with Crippen LogP contribution in [0.4, 0.5) is 0 Å². The molecule has 0 saturated carbocycles. The van der Waals surface area contributed by atoms with E-state index in [9.17, 15) is 4.79 Å². The van der Waals surface area contributed by atoms with E-state index in [1.165, 1.54) is 0 Å². The van der Waals surface area contributed by atoms with E-state index in [2.05, 4.69) is 16.1 Å². The lowest BCUT2D eigenvalue weighted by atomic mass is 10.1. The Morgan fingerprint density at radius 2 is 1.79 bits per heavy atom. The van der Waals surface area contributed by atoms with Crippen LogP contribution in [0, 0.1) is 13.8 Å². The normalized spacial score (nSPS) is 11.1. The van der Waals surface area contributed by atoms with Crippen LogP contribution in [0.2, 0.25) is 0 Å². The number of aromatic nitrogens is 3. The van der Waals surface area contributed by atoms with Crippen LogP contribution in [0.25, 0.3) is 15.9 Å². The second-order valence-electron chi connectivity index (χ2n) is 6.90. The van der Waals surface area contributed by atoms with Crippen LogP contribution in [-0.2, 0) is 17.8 Å². The lowest BCUT2D eigenvalue weighted by Crippen LogP contribution is -2.28. The van der Waals surface area contributed by atoms with Crippen LogP contribution >= 0.6 is 11.3 Å². The molecule has 0 N–H and O–H groups in total. The summed E-state index contributed by atoms with van der Waals surface area (Å²) in [6.45, 7) is 4.49. The number of para-hydroxylation sites is 2. The number of hydrogen-bond acceptors (Lipinski definition) is 4. The fraction of sp³-hybridized carbons (Fsp3) is 0.227. The predicted octanol–water partition coefficient (Wildman–Crippen LogP) is 4.30. The molecule has 0 aliphatic carbocycles. The Morgan fingerprint density at radius 3 is 2.54 bits per heavy atom. The largest absolute Gasteiger partial charge is 0.339 e. The van der Waals surface area contributed by atoms with Crippen molar-refractivity contribution in [2.75, 3.05) is 7.05 Å². The van der Waals surface area contributed by atoms with E-state index in [1.807, 2.05) is 74.1 Å². The number of likely N-dealkylation sites (N-methyl/N-ethyl adjacent to an activating group) is 1. The molecule has 0 fully saturated rings. The molecule has 2 heterocycles. The van der Waals surface area contributed by atoms with Crippen LogP contribution in [0.3, 0.4) is 0 Å². The molecule has 0 spiro atoms. The summed E-state index contributed by atoms with van der Waals surface area (Å²) < 4.78 is 3.06. The highest BCUT2D eigenvalue weighted by Crippen LogP contribution is 2.23. The van der Waals surface area contributed by atoms with Gasteiger partial charge in [-0.1, -0.05) is 30.3 Å². The number of benzene rings is 2. The Morgan fingerprint density at radius 1 is 1.07 bits per heavy atom. The lowest BCUT2D eigenvalue weighted by Gasteiger charge is -2.16. The molecule has 0 aliphatic rings. The highest BCUT2D eigenvalue weighted by Gasteiger charge is 2.19. The third kappa shape index (κ3) is 3.55. The van der Waals surface area contributed by atoms with Crippen molar-refractivity contribution >= 4 is 27.5 Å². The van der Waals surface area contributed by atoms with Crippen molar-refractivity contribution in [2.24, 2.45) is 0 Å². The molecule has 5 nitrogen and oxygen atoms in total. The van der Waals surface area contributed by atoms with Crippen molar-refractivity contribution < 1.29 is 4.79 Å². The van der Waals surface area contributed by atoms with E-state index < -0.39 is 0 Å². The number of rotatable bonds is 5. The Bertz CT molecular complexity index is 1100. The van der Waals surface area contributed by atoms with Crippen molar-refractivity contribution in [3.8, 4) is 5.69 Å². The monoisotopic (exact) mass is 390 g/mol. The molecule has 2 aromatic carbocycles. The van der Waals surface area contributed by atoms with Gasteiger partial charge in [0.05, 0.1) is 34.6 Å². The van der Waals surface area contributed by atoms with E-state index in [1.54, 1.807) is 16.2 Å². The topological polar surface area (TPSA) is 51.0 Å². The van der Waals surface area contributed by atoms with E-state index >= 15 is 0 Å². The van der Waals surface area contributed by atoms with Crippen LogP contribution < -0.4 is 0 Å². The van der Waals surface area contributed by atoms with Gasteiger partial charge in [0.2, 0.25) is 5.91 Å². The number of carbonyl (C=O) groups excluding carboxylic acids is 1. The molecular formula is C22H22N4OS. The Hall–Kier alpha value is -2.99. The SMILES string of the molecule is Cc1nn(-c2ccccc2)c(C)c1CC(=O)N(C)Cc1nc2ccccc2s1. The van der Waals surface area contributed by atoms with E-state index in [0.29, 0.717) is 13.0 Å². The molecule has 142 valence electrons. The first-order chi connectivity index (χ1) is 13.5. The minimum absolute atomic E-state index is 0.0677. The third-order valence-electron chi connectivity index (χ3n) is 4.91. The summed E-state index contributed by atoms with van der Waals surface area (Å²) in [6, 6.07) is 18.0. The third-order valence-corrected chi connectivity index (χ3v) is 5.93. The first kappa shape index (κ1) is 18.4. The lowest BCUT2D eigenvalue weighted by molar-refractivity contribution is -0.129. The molecule has 4 rings (SSSR count). The fourth-order valence-corrected chi connectivity index (χ4v) is 4.34. The van der Waals surface area contributed by atoms with Gasteiger partial charge in [0.1, 0.15) is 5.01 Å². The fourth-order valence-electron chi connectivity index (χ4n) is 3.32. The van der Waals surface area contributed by atoms with Crippen molar-refractivity contribution in [1.29, 1.82) is 0 Å². The van der Waals surface area contributed by atoms with Gasteiger partial charge >= 0.3 is 0 Å². The van der Waals surface area contributed by atoms with Crippen LogP contribution in [0.15, 0.2) is 54.6 Å². The van der Waals surface area contributed by atoms with Gasteiger partial charge in [0.15, 0.2) is 0 Å². The first-order valence-corrected chi connectivity index (χ1v) is 10.0. The first-order valence-electron chi connectivity index (χ1n) is 9.22. The van der Waals surface area contributed by atoms with E-state index in [0.717, 1.165) is 37.9 Å². The summed E-state index contributed by atoms with van der Waals surface area (Å²) in [6.07, 6.45) is 0.339. The average molecular weight is 391 g/mol. The molecule has 28 heavy (non-hydrogen) atoms. The van der Waals surface area contributed by atoms with Gasteiger partial charge in [0.25, 0.3) is 0 Å². The molecular weight excluding hydrogens is 368 g/mol. The van der Waals surface area contributed by atoms with Gasteiger partial charge in [-0.05, 0) is 38.1 Å². The van der Waals surface area contributed by atoms with Gasteiger partial charge in [-0.2, -0.15) is 5.10 Å². The Balaban J connectivity index is 1.51. The van der Waals surface area contributed by atoms with Crippen molar-refractivity contribution in [1.82, 2.24) is 19.7 Å². The maximum atomic E-state index is 12.8. The maximum Gasteiger partial charge on any atom is 0.227 e. The number of aryl methyl sites for hydroxylation is 1. The average Bonchev–Trinajstić information content (AvgIpc) is 3.23. The standard InChI is InChI=1S/C22H22N4OS/c1-15-18(16(2)26(24-15)17-9-5-4-6-10-17)13-22(27)25(3)14-21-23-19-11-7-8-12-20(19)28-21/h4-12H,13-14H2,1-3H3. The minimum Gasteiger partial charge on any atom is -0.339 e. The summed E-state index contributed by atoms with van der Waals surface area (Å²) in [5.74, 6) is 0.0677. The minimum atomic E-state index is 0.0677. The molecule has 1 amide bonds. The quantitative estimate of drug-likeness (QED) is 0.510. The summed E-state index contributed by atoms with van der Waals surface area (Å²) >= 11 is 1.64. The summed E-state index contributed by atoms with van der Waals surface area (Å²) in [4.78, 5) is 19.2. The number of carbonyl (C=O) groups is 1. The smallest absolute Gasteiger partial charge is 0.227 e. The molecule has 6 heteroatoms. The zero-order chi connectivity index (χ0) is 19.7. The predicted molar refractivity (Wildman–Crippen MR) is 113 cm³/mol. The second-order valence-corrected chi connectivity index (χ2v) is 8.01. The molecule has 0 saturated heterocycles. The highest BCUT2D eigenvalue weighted by molar-refractivity contribution is 7.18. The number of amides is 1. The van der Waals surface area contributed by atoms with Crippen molar-refractivity contribution in [3.63, 3.8) is 0 Å².